The second-order valence-electron chi connectivity index (χ2n) is 0. The van der Waals surface area contributed by atoms with Crippen LogP contribution in [0.4, 0.5) is 0 Å². The smallest absolute Gasteiger partial charge is 0 e. The van der Waals surface area contributed by atoms with Gasteiger partial charge in [-0.2, -0.15) is 9.90 Å². The minimum Gasteiger partial charge on any atom is -0.412 e. The summed E-state index contributed by atoms with van der Waals surface area (Å²) < 4.78 is 0. The van der Waals surface area contributed by atoms with Gasteiger partial charge in [0.2, 0.25) is 0 Å². The van der Waals surface area contributed by atoms with E-state index in [2.05, 4.69) is 0 Å². The van der Waals surface area contributed by atoms with Gasteiger partial charge in [-0.1, -0.05) is 7.43 Å². The Bertz CT molecular complexity index is 15.7. The van der Waals surface area contributed by atoms with Crippen LogP contribution < -0.4 is 0 Å². The molecular weight excluding hydrogens is 251 g/mol. The summed E-state index contributed by atoms with van der Waals surface area (Å²) >= 11 is 0. The van der Waals surface area contributed by atoms with Crippen molar-refractivity contribution in [2.24, 2.45) is 0 Å². The summed E-state index contributed by atoms with van der Waals surface area (Å²) in [5, 5.41) is 0. The summed E-state index contributed by atoms with van der Waals surface area (Å²) in [6.45, 7) is 0. The Morgan fingerprint density at radius 2 is 0.714 bits per heavy atom. The van der Waals surface area contributed by atoms with Crippen molar-refractivity contribution in [2.45, 2.75) is 7.43 Å². The minimum atomic E-state index is 0. The summed E-state index contributed by atoms with van der Waals surface area (Å²) in [6, 6.07) is 0. The van der Waals surface area contributed by atoms with Gasteiger partial charge in [-0.25, -0.2) is 0 Å². The maximum absolute atomic E-state index is 0. The van der Waals surface area contributed by atoms with Crippen molar-refractivity contribution in [3.63, 3.8) is 0 Å². The average Bonchev–Trinajstić information content (AvgIpc) is 0. The monoisotopic (exact) mass is 261 g/mol. The molecule has 0 aromatic rings. The summed E-state index contributed by atoms with van der Waals surface area (Å²) in [5.41, 5.74) is 0. The molecule has 0 spiro atoms. The fraction of sp³-hybridized carbons (Fsp3) is 1.00. The normalized spacial score (nSPS) is 0. The molecule has 4 N–H and O–H groups in total. The zero-order valence-electron chi connectivity index (χ0n) is 2.67. The van der Waals surface area contributed by atoms with Crippen LogP contribution in [0.3, 0.4) is 0 Å². The molecule has 0 aliphatic heterocycles. The van der Waals surface area contributed by atoms with Gasteiger partial charge >= 0.3 is 0 Å². The summed E-state index contributed by atoms with van der Waals surface area (Å²) in [4.78, 5) is 0. The largest absolute Gasteiger partial charge is 0.412 e. The maximum Gasteiger partial charge on any atom is 0 e. The summed E-state index contributed by atoms with van der Waals surface area (Å²) in [7, 11) is 0. The van der Waals surface area contributed by atoms with Crippen LogP contribution in [0.15, 0.2) is 0 Å². The molecule has 0 aliphatic rings. The molecule has 6 heteroatoms. The van der Waals surface area contributed by atoms with Crippen LogP contribution in [0.25, 0.3) is 0 Å². The topological polar surface area (TPSA) is 63.0 Å². The van der Waals surface area contributed by atoms with Crippen molar-refractivity contribution in [1.82, 2.24) is 0 Å². The van der Waals surface area contributed by atoms with E-state index < -0.39 is 0 Å². The van der Waals surface area contributed by atoms with Crippen LogP contribution in [-0.4, -0.2) is 11.0 Å². The van der Waals surface area contributed by atoms with Gasteiger partial charge in [-0.3, -0.25) is 0 Å². The average molecular weight is 262 g/mol. The van der Waals surface area contributed by atoms with Crippen LogP contribution in [0.5, 0.6) is 0 Å². The third kappa shape index (κ3) is 78.8. The van der Waals surface area contributed by atoms with Crippen molar-refractivity contribution >= 4 is 9.90 Å². The zero-order chi connectivity index (χ0) is 0. The molecule has 1 atom stereocenters. The van der Waals surface area contributed by atoms with Crippen LogP contribution in [-0.2, 0) is 49.8 Å². The Morgan fingerprint density at radius 1 is 0.714 bits per heavy atom. The number of rotatable bonds is 0. The van der Waals surface area contributed by atoms with Gasteiger partial charge in [0.25, 0.3) is 0 Å². The Labute approximate surface area is 77.9 Å². The number of hydrogen-bond donors (Lipinski definition) is 0. The van der Waals surface area contributed by atoms with E-state index in [1.54, 1.807) is 0 Å². The van der Waals surface area contributed by atoms with E-state index in [0.717, 1.165) is 0 Å². The molecule has 0 rings (SSSR count). The molecule has 0 saturated heterocycles. The van der Waals surface area contributed by atoms with Crippen LogP contribution >= 0.6 is 9.90 Å². The molecule has 1 unspecified atom stereocenters. The molecule has 0 saturated carbocycles. The summed E-state index contributed by atoms with van der Waals surface area (Å²) in [6.07, 6.45) is 0. The van der Waals surface area contributed by atoms with Gasteiger partial charge in [-0.15, -0.1) is 0 Å². The van der Waals surface area contributed by atoms with Crippen molar-refractivity contribution in [1.29, 1.82) is 0 Å². The predicted octanol–water partition coefficient (Wildman–Crippen LogP) is -0.963. The van der Waals surface area contributed by atoms with Crippen molar-refractivity contribution in [3.8, 4) is 0 Å². The molecule has 1 radical (unpaired) electrons. The molecule has 0 aliphatic carbocycles. The molecule has 0 aromatic carbocycles. The Morgan fingerprint density at radius 3 is 0.714 bits per heavy atom. The van der Waals surface area contributed by atoms with Gasteiger partial charge in [-0.05, 0) is 0 Å². The third-order valence-electron chi connectivity index (χ3n) is 0. The maximum atomic E-state index is 0. The van der Waals surface area contributed by atoms with Gasteiger partial charge < -0.3 is 11.0 Å². The SMILES string of the molecule is C.O.O.P.[Co].[Ni].[Ni]. The quantitative estimate of drug-likeness (QED) is 0.399. The van der Waals surface area contributed by atoms with Crippen LogP contribution in [0.2, 0.25) is 0 Å². The Balaban J connectivity index is 0. The first kappa shape index (κ1) is 160. The zero-order valence-corrected chi connectivity index (χ0v) is 7.10. The van der Waals surface area contributed by atoms with E-state index in [0.29, 0.717) is 0 Å². The van der Waals surface area contributed by atoms with Crippen molar-refractivity contribution in [2.75, 3.05) is 0 Å². The third-order valence-corrected chi connectivity index (χ3v) is 0. The van der Waals surface area contributed by atoms with Crippen molar-refractivity contribution in [3.05, 3.63) is 0 Å². The van der Waals surface area contributed by atoms with E-state index in [1.807, 2.05) is 0 Å². The molecule has 0 fully saturated rings. The molecule has 0 amide bonds. The predicted molar refractivity (Wildman–Crippen MR) is 25.1 cm³/mol. The second kappa shape index (κ2) is 108. The minimum absolute atomic E-state index is 0. The van der Waals surface area contributed by atoms with Gasteiger partial charge in [0.15, 0.2) is 0 Å². The van der Waals surface area contributed by atoms with Crippen molar-refractivity contribution < 1.29 is 60.7 Å². The first-order chi connectivity index (χ1) is 0. The first-order valence-electron chi connectivity index (χ1n) is 0. The van der Waals surface area contributed by atoms with Gasteiger partial charge in [0, 0.05) is 49.8 Å². The van der Waals surface area contributed by atoms with E-state index in [4.69, 9.17) is 0 Å². The fourth-order valence-electron chi connectivity index (χ4n) is 0. The molecule has 0 aromatic heterocycles. The van der Waals surface area contributed by atoms with Gasteiger partial charge in [0.05, 0.1) is 0 Å². The fourth-order valence-corrected chi connectivity index (χ4v) is 0. The standard InChI is InChI=1S/CH4.Co.2Ni.2H2O.H3P/h1H4;;;;2*1H2;1H3. The van der Waals surface area contributed by atoms with Crippen LogP contribution in [0.1, 0.15) is 7.43 Å². The molecule has 0 bridgehead atoms. The van der Waals surface area contributed by atoms with Crippen LogP contribution in [0, 0.1) is 0 Å². The van der Waals surface area contributed by atoms with Gasteiger partial charge in [0.1, 0.15) is 0 Å². The number of hydrogen-bond acceptors (Lipinski definition) is 0. The van der Waals surface area contributed by atoms with E-state index in [1.165, 1.54) is 0 Å². The Kier molecular flexibility index (Phi) is 2470. The van der Waals surface area contributed by atoms with E-state index >= 15 is 0 Å². The molecule has 61 valence electrons. The first-order valence-corrected chi connectivity index (χ1v) is 0. The summed E-state index contributed by atoms with van der Waals surface area (Å²) in [5.74, 6) is 0. The molecule has 0 heterocycles. The molecule has 2 nitrogen and oxygen atoms in total. The second-order valence-corrected chi connectivity index (χ2v) is 0. The Hall–Kier alpha value is 1.84. The molecular formula is CH11CoNi2O2P. The van der Waals surface area contributed by atoms with E-state index in [9.17, 15) is 0 Å². The molecule has 7 heavy (non-hydrogen) atoms. The van der Waals surface area contributed by atoms with E-state index in [-0.39, 0.29) is 78.0 Å².